The number of allylic oxidation sites excluding steroid dienone is 1. The van der Waals surface area contributed by atoms with Gasteiger partial charge in [-0.3, -0.25) is 9.59 Å². The Morgan fingerprint density at radius 3 is 1.75 bits per heavy atom. The highest BCUT2D eigenvalue weighted by Gasteiger charge is 2.56. The number of rotatable bonds is 20. The maximum Gasteiger partial charge on any atom is 0.195 e. The van der Waals surface area contributed by atoms with Crippen molar-refractivity contribution in [1.29, 1.82) is 0 Å². The molecular weight excluding hydrogens is 774 g/mol. The first kappa shape index (κ1) is 52.9. The van der Waals surface area contributed by atoms with Crippen molar-refractivity contribution < 1.29 is 32.4 Å². The first-order valence-electron chi connectivity index (χ1n) is 20.7. The van der Waals surface area contributed by atoms with E-state index in [2.05, 4.69) is 93.5 Å². The number of aliphatic hydroxyl groups is 1. The van der Waals surface area contributed by atoms with Crippen LogP contribution in [0, 0.1) is 24.2 Å². The third-order valence-corrected chi connectivity index (χ3v) is 27.5. The number of hydrogen-bond acceptors (Lipinski definition) is 8. The Balaban J connectivity index is 3.49. The average Bonchev–Trinajstić information content (AvgIpc) is 3.44. The van der Waals surface area contributed by atoms with Gasteiger partial charge in [0.25, 0.3) is 0 Å². The fourth-order valence-corrected chi connectivity index (χ4v) is 10.7. The van der Waals surface area contributed by atoms with E-state index in [1.54, 1.807) is 13.8 Å². The van der Waals surface area contributed by atoms with E-state index in [4.69, 9.17) is 13.3 Å². The Morgan fingerprint density at radius 2 is 1.32 bits per heavy atom. The van der Waals surface area contributed by atoms with Gasteiger partial charge in [0.15, 0.2) is 30.7 Å². The molecule has 1 aromatic rings. The van der Waals surface area contributed by atoms with Crippen LogP contribution in [0.3, 0.4) is 0 Å². The molecule has 0 aliphatic heterocycles. The highest BCUT2D eigenvalue weighted by atomic mass is 32.1. The van der Waals surface area contributed by atoms with Crippen LogP contribution in [0.5, 0.6) is 0 Å². The van der Waals surface area contributed by atoms with E-state index >= 15 is 4.39 Å². The summed E-state index contributed by atoms with van der Waals surface area (Å²) in [4.78, 5) is 33.3. The lowest BCUT2D eigenvalue weighted by Gasteiger charge is -2.49. The van der Waals surface area contributed by atoms with Gasteiger partial charge in [-0.2, -0.15) is 0 Å². The SMILES string of the molecule is CC[C@H](O[Si](C)(C)C(C)(C)C)C(C)(C)C(=O)[C@H](C)[C@](O)(O[Si](C)(C)C(C)(C)C)[C@H](C)C(=O)CCC(C)=CC[C@H](O[Si](C)(C)C(C)(C)C)C(F)=Cc1csc(C)n1. The fraction of sp³-hybridized carbons (Fsp3) is 0.795. The molecular formula is C44H82FNO6SSi3. The Morgan fingerprint density at radius 1 is 0.839 bits per heavy atom. The molecule has 0 saturated carbocycles. The van der Waals surface area contributed by atoms with Crippen LogP contribution in [0.1, 0.15) is 140 Å². The summed E-state index contributed by atoms with van der Waals surface area (Å²) in [6.45, 7) is 44.9. The van der Waals surface area contributed by atoms with Crippen LogP contribution in [0.2, 0.25) is 54.4 Å². The maximum absolute atomic E-state index is 15.9. The molecule has 1 aromatic heterocycles. The minimum atomic E-state index is -2.70. The van der Waals surface area contributed by atoms with Crippen LogP contribution in [0.4, 0.5) is 4.39 Å². The van der Waals surface area contributed by atoms with Crippen LogP contribution in [-0.4, -0.2) is 64.6 Å². The average molecular weight is 856 g/mol. The number of ketones is 2. The zero-order valence-electron chi connectivity index (χ0n) is 39.6. The Labute approximate surface area is 349 Å². The smallest absolute Gasteiger partial charge is 0.195 e. The number of thiazole rings is 1. The van der Waals surface area contributed by atoms with Gasteiger partial charge in [-0.1, -0.05) is 109 Å². The minimum Gasteiger partial charge on any atom is -0.413 e. The minimum absolute atomic E-state index is 0.0464. The van der Waals surface area contributed by atoms with Gasteiger partial charge in [0.1, 0.15) is 23.5 Å². The van der Waals surface area contributed by atoms with E-state index in [1.165, 1.54) is 17.4 Å². The molecule has 0 spiro atoms. The van der Waals surface area contributed by atoms with Crippen LogP contribution >= 0.6 is 11.3 Å². The first-order valence-corrected chi connectivity index (χ1v) is 30.3. The summed E-state index contributed by atoms with van der Waals surface area (Å²) in [7, 11) is -7.28. The molecule has 0 fully saturated rings. The van der Waals surface area contributed by atoms with Crippen molar-refractivity contribution in [3.8, 4) is 0 Å². The molecule has 5 atom stereocenters. The van der Waals surface area contributed by atoms with Crippen LogP contribution in [0.25, 0.3) is 6.08 Å². The van der Waals surface area contributed by atoms with E-state index in [9.17, 15) is 14.7 Å². The molecule has 7 nitrogen and oxygen atoms in total. The lowest BCUT2D eigenvalue weighted by atomic mass is 9.71. The van der Waals surface area contributed by atoms with E-state index in [1.807, 2.05) is 59.2 Å². The molecule has 0 unspecified atom stereocenters. The molecule has 0 radical (unpaired) electrons. The normalized spacial score (nSPS) is 18.0. The number of halogens is 1. The van der Waals surface area contributed by atoms with Gasteiger partial charge in [-0.05, 0) is 93.6 Å². The summed E-state index contributed by atoms with van der Waals surface area (Å²) >= 11 is 1.47. The van der Waals surface area contributed by atoms with Crippen molar-refractivity contribution in [3.63, 3.8) is 0 Å². The number of aryl methyl sites for hydroxylation is 1. The van der Waals surface area contributed by atoms with Crippen LogP contribution < -0.4 is 0 Å². The lowest BCUT2D eigenvalue weighted by molar-refractivity contribution is -0.217. The van der Waals surface area contributed by atoms with Crippen molar-refractivity contribution in [1.82, 2.24) is 4.98 Å². The second kappa shape index (κ2) is 19.1. The highest BCUT2D eigenvalue weighted by Crippen LogP contribution is 2.47. The van der Waals surface area contributed by atoms with Gasteiger partial charge in [0, 0.05) is 17.2 Å². The molecule has 1 rings (SSSR count). The molecule has 12 heteroatoms. The summed E-state index contributed by atoms with van der Waals surface area (Å²) in [5.41, 5.74) is 0.534. The Hall–Kier alpha value is -1.13. The van der Waals surface area contributed by atoms with Gasteiger partial charge >= 0.3 is 0 Å². The molecule has 0 bridgehead atoms. The zero-order chi connectivity index (χ0) is 44.3. The molecule has 1 N–H and O–H groups in total. The molecule has 0 amide bonds. The zero-order valence-corrected chi connectivity index (χ0v) is 43.4. The summed E-state index contributed by atoms with van der Waals surface area (Å²) in [5, 5.41) is 15.0. The lowest BCUT2D eigenvalue weighted by Crippen LogP contribution is -2.61. The molecule has 0 saturated heterocycles. The van der Waals surface area contributed by atoms with Crippen molar-refractivity contribution in [3.05, 3.63) is 33.6 Å². The maximum atomic E-state index is 15.9. The molecule has 324 valence electrons. The number of hydrogen-bond donors (Lipinski definition) is 1. The Kier molecular flexibility index (Phi) is 18.0. The summed E-state index contributed by atoms with van der Waals surface area (Å²) in [5.74, 6) is -4.79. The van der Waals surface area contributed by atoms with Gasteiger partial charge in [0.05, 0.1) is 28.6 Å². The molecule has 1 heterocycles. The number of Topliss-reactive ketones (excluding diaryl/α,β-unsaturated/α-hetero) is 2. The molecule has 0 aromatic carbocycles. The van der Waals surface area contributed by atoms with E-state index < -0.39 is 54.1 Å². The third kappa shape index (κ3) is 13.4. The molecule has 0 aliphatic carbocycles. The van der Waals surface area contributed by atoms with Gasteiger partial charge in [-0.25, -0.2) is 9.37 Å². The Bertz CT molecular complexity index is 1550. The highest BCUT2D eigenvalue weighted by molar-refractivity contribution is 7.09. The summed E-state index contributed by atoms with van der Waals surface area (Å²) < 4.78 is 36.1. The topological polar surface area (TPSA) is 95.0 Å². The van der Waals surface area contributed by atoms with Crippen LogP contribution in [-0.2, 0) is 22.9 Å². The predicted molar refractivity (Wildman–Crippen MR) is 243 cm³/mol. The van der Waals surface area contributed by atoms with Gasteiger partial charge in [0.2, 0.25) is 0 Å². The number of carbonyl (C=O) groups excluding carboxylic acids is 2. The molecule has 0 aliphatic rings. The quantitative estimate of drug-likeness (QED) is 0.0793. The van der Waals surface area contributed by atoms with Gasteiger partial charge < -0.3 is 18.4 Å². The summed E-state index contributed by atoms with van der Waals surface area (Å²) in [6.07, 6.45) is 3.74. The predicted octanol–water partition coefficient (Wildman–Crippen LogP) is 13.2. The third-order valence-electron chi connectivity index (χ3n) is 13.3. The van der Waals surface area contributed by atoms with Crippen molar-refractivity contribution in [2.24, 2.45) is 17.3 Å². The molecule has 56 heavy (non-hydrogen) atoms. The number of nitrogens with zero attached hydrogens (tertiary/aromatic N) is 1. The second-order valence-corrected chi connectivity index (χ2v) is 36.7. The summed E-state index contributed by atoms with van der Waals surface area (Å²) in [6, 6.07) is 0. The first-order chi connectivity index (χ1) is 24.9. The van der Waals surface area contributed by atoms with E-state index in [-0.39, 0.29) is 45.0 Å². The fourth-order valence-electron chi connectivity index (χ4n) is 5.90. The van der Waals surface area contributed by atoms with E-state index in [0.29, 0.717) is 25.0 Å². The van der Waals surface area contributed by atoms with Crippen LogP contribution in [0.15, 0.2) is 22.9 Å². The number of carbonyl (C=O) groups is 2. The monoisotopic (exact) mass is 856 g/mol. The van der Waals surface area contributed by atoms with Crippen molar-refractivity contribution in [2.45, 2.75) is 209 Å². The standard InChI is InChI=1S/C44H82FNO6SSi3/c1-23-38(51-55(19,20)41(9,10)11)43(15,16)39(48)32(4)44(49,52-56(21,22)42(12,13)14)31(3)36(47)26-24-30(2)25-27-37(50-54(17,18)40(6,7)8)35(45)28-34-29-53-33(5)46-34/h25,28-29,31-32,37-38,49H,23-24,26-27H2,1-22H3/t31-,32+,37+,38+,44-/m1/s1. The van der Waals surface area contributed by atoms with Gasteiger partial charge in [-0.15, -0.1) is 11.3 Å². The number of aromatic nitrogens is 1. The van der Waals surface area contributed by atoms with E-state index in [0.717, 1.165) is 10.6 Å². The largest absolute Gasteiger partial charge is 0.413 e. The van der Waals surface area contributed by atoms with Crippen molar-refractivity contribution >= 4 is 53.9 Å². The van der Waals surface area contributed by atoms with Crippen molar-refractivity contribution in [2.75, 3.05) is 0 Å². The second-order valence-electron chi connectivity index (χ2n) is 21.4.